The highest BCUT2D eigenvalue weighted by Gasteiger charge is 2.63. The van der Waals surface area contributed by atoms with Gasteiger partial charge >= 0.3 is 13.5 Å². The van der Waals surface area contributed by atoms with Crippen molar-refractivity contribution < 1.29 is 47.1 Å². The van der Waals surface area contributed by atoms with E-state index in [0.717, 1.165) is 42.7 Å². The van der Waals surface area contributed by atoms with Gasteiger partial charge in [-0.15, -0.1) is 0 Å². The molecule has 1 fully saturated rings. The quantitative estimate of drug-likeness (QED) is 0.223. The number of rotatable bonds is 12. The van der Waals surface area contributed by atoms with Crippen molar-refractivity contribution in [1.82, 2.24) is 9.55 Å². The third-order valence-corrected chi connectivity index (χ3v) is 9.58. The number of hydrogen-bond acceptors (Lipinski definition) is 13. The lowest BCUT2D eigenvalue weighted by Gasteiger charge is -2.28. The van der Waals surface area contributed by atoms with Gasteiger partial charge in [-0.25, -0.2) is 13.8 Å². The van der Waals surface area contributed by atoms with Crippen molar-refractivity contribution >= 4 is 41.6 Å². The number of aromatic nitrogens is 2. The molecule has 1 aromatic heterocycles. The van der Waals surface area contributed by atoms with E-state index in [1.165, 1.54) is 0 Å². The van der Waals surface area contributed by atoms with Gasteiger partial charge in [0.05, 0.1) is 13.2 Å². The first kappa shape index (κ1) is 35.8. The second kappa shape index (κ2) is 13.5. The van der Waals surface area contributed by atoms with E-state index in [1.807, 2.05) is 4.98 Å². The molecule has 41 heavy (non-hydrogen) atoms. The lowest BCUT2D eigenvalue weighted by molar-refractivity contribution is -0.205. The Bertz CT molecular complexity index is 1220. The Hall–Kier alpha value is -1.36. The number of phosphoric acid groups is 1. The van der Waals surface area contributed by atoms with Gasteiger partial charge in [0.2, 0.25) is 0 Å². The summed E-state index contributed by atoms with van der Waals surface area (Å²) in [4.78, 5) is 49.8. The normalized spacial score (nSPS) is 25.4. The minimum absolute atomic E-state index is 0.0654. The number of nitrogens with zero attached hydrogens (tertiary/aromatic N) is 1. The minimum atomic E-state index is -4.57. The van der Waals surface area contributed by atoms with E-state index in [0.29, 0.717) is 4.57 Å². The molecule has 1 saturated heterocycles. The summed E-state index contributed by atoms with van der Waals surface area (Å²) in [5, 5.41) is 21.1. The smallest absolute Gasteiger partial charge is 0.384 e. The van der Waals surface area contributed by atoms with E-state index in [2.05, 4.69) is 0 Å². The number of halogens is 1. The molecule has 2 heterocycles. The summed E-state index contributed by atoms with van der Waals surface area (Å²) in [7, 11) is -4.57. The van der Waals surface area contributed by atoms with E-state index in [9.17, 15) is 34.0 Å². The van der Waals surface area contributed by atoms with Crippen LogP contribution in [0, 0.1) is 10.8 Å². The van der Waals surface area contributed by atoms with Crippen LogP contribution < -0.4 is 11.2 Å². The number of aliphatic hydroxyl groups is 2. The van der Waals surface area contributed by atoms with Crippen LogP contribution in [0.15, 0.2) is 21.9 Å². The molecule has 234 valence electrons. The van der Waals surface area contributed by atoms with Crippen LogP contribution in [0.2, 0.25) is 0 Å². The van der Waals surface area contributed by atoms with Crippen molar-refractivity contribution in [1.29, 1.82) is 0 Å². The third-order valence-electron chi connectivity index (χ3n) is 5.65. The highest BCUT2D eigenvalue weighted by molar-refractivity contribution is 8.14. The summed E-state index contributed by atoms with van der Waals surface area (Å²) in [6.07, 6.45) is -3.17. The number of aliphatic hydroxyl groups excluding tert-OH is 1. The van der Waals surface area contributed by atoms with E-state index in [-0.39, 0.29) is 35.0 Å². The molecule has 0 amide bonds. The van der Waals surface area contributed by atoms with Gasteiger partial charge in [-0.05, 0) is 6.92 Å². The molecule has 17 heteroatoms. The lowest BCUT2D eigenvalue weighted by atomic mass is 9.95. The molecular formula is C24H38FN2O11PS2. The molecule has 0 radical (unpaired) electrons. The molecule has 1 aliphatic rings. The van der Waals surface area contributed by atoms with E-state index < -0.39 is 60.3 Å². The van der Waals surface area contributed by atoms with Gasteiger partial charge in [0.15, 0.2) is 16.5 Å². The van der Waals surface area contributed by atoms with Gasteiger partial charge in [-0.3, -0.25) is 37.5 Å². The summed E-state index contributed by atoms with van der Waals surface area (Å²) in [5.74, 6) is -3.08. The number of alkyl halides is 1. The summed E-state index contributed by atoms with van der Waals surface area (Å²) in [5.41, 5.74) is -5.45. The number of carbonyl (C=O) groups is 2. The van der Waals surface area contributed by atoms with Gasteiger partial charge in [-0.2, -0.15) is 0 Å². The summed E-state index contributed by atoms with van der Waals surface area (Å²) in [6.45, 7) is 9.52. The first-order chi connectivity index (χ1) is 18.6. The maximum atomic E-state index is 15.9. The molecule has 1 unspecified atom stereocenters. The number of aromatic amines is 1. The molecule has 0 spiro atoms. The molecule has 4 atom stereocenters. The Morgan fingerprint density at radius 1 is 1.07 bits per heavy atom. The third kappa shape index (κ3) is 9.57. The molecule has 2 rings (SSSR count). The number of nitrogens with one attached hydrogen (secondary N) is 1. The molecule has 13 nitrogen and oxygen atoms in total. The monoisotopic (exact) mass is 644 g/mol. The van der Waals surface area contributed by atoms with Crippen molar-refractivity contribution in [3.63, 3.8) is 0 Å². The Labute approximate surface area is 245 Å². The van der Waals surface area contributed by atoms with Crippen molar-refractivity contribution in [3.8, 4) is 0 Å². The summed E-state index contributed by atoms with van der Waals surface area (Å²) < 4.78 is 50.8. The SMILES string of the molecule is CC(C)(C)C(=O)SCCOP(=O)(OCCSC(=O)C(C)(C)C)OC[C@@]1(F)O[C@@H](n2ccc(=O)[nH]c2=O)[C@](C)(O)C1O. The van der Waals surface area contributed by atoms with Crippen LogP contribution in [-0.4, -0.2) is 78.9 Å². The zero-order valence-electron chi connectivity index (χ0n) is 24.0. The summed E-state index contributed by atoms with van der Waals surface area (Å²) in [6, 6.07) is 0.933. The fourth-order valence-corrected chi connectivity index (χ4v) is 6.29. The predicted octanol–water partition coefficient (Wildman–Crippen LogP) is 2.61. The molecule has 1 aliphatic heterocycles. The van der Waals surface area contributed by atoms with Crippen LogP contribution >= 0.6 is 31.3 Å². The standard InChI is InChI=1S/C24H38FN2O11PS2/c1-21(2,3)18(30)40-12-10-35-39(34,36-11-13-41-19(31)22(4,5)6)37-14-24(25)16(29)23(7,33)17(38-24)27-9-8-15(28)26-20(27)32/h8-9,16-17,29,33H,10-14H2,1-7H3,(H,26,28,32)/t16?,17-,23-,24-/m1/s1. The second-order valence-electron chi connectivity index (χ2n) is 11.6. The molecular weight excluding hydrogens is 606 g/mol. The zero-order chi connectivity index (χ0) is 31.4. The zero-order valence-corrected chi connectivity index (χ0v) is 26.5. The van der Waals surface area contributed by atoms with Gasteiger partial charge in [0, 0.05) is 34.6 Å². The molecule has 0 aromatic carbocycles. The Balaban J connectivity index is 2.16. The Morgan fingerprint density at radius 3 is 2.00 bits per heavy atom. The number of thioether (sulfide) groups is 2. The molecule has 3 N–H and O–H groups in total. The fourth-order valence-electron chi connectivity index (χ4n) is 3.28. The van der Waals surface area contributed by atoms with Crippen LogP contribution in [0.4, 0.5) is 4.39 Å². The summed E-state index contributed by atoms with van der Waals surface area (Å²) >= 11 is 1.86. The van der Waals surface area contributed by atoms with Crippen molar-refractivity contribution in [2.75, 3.05) is 31.3 Å². The first-order valence-electron chi connectivity index (χ1n) is 12.6. The van der Waals surface area contributed by atoms with E-state index in [1.54, 1.807) is 41.5 Å². The second-order valence-corrected chi connectivity index (χ2v) is 15.4. The van der Waals surface area contributed by atoms with Crippen LogP contribution in [0.1, 0.15) is 54.7 Å². The van der Waals surface area contributed by atoms with Gasteiger partial charge < -0.3 is 14.9 Å². The average molecular weight is 645 g/mol. The van der Waals surface area contributed by atoms with Crippen LogP contribution in [-0.2, 0) is 32.5 Å². The predicted molar refractivity (Wildman–Crippen MR) is 151 cm³/mol. The van der Waals surface area contributed by atoms with Crippen LogP contribution in [0.25, 0.3) is 0 Å². The molecule has 0 bridgehead atoms. The largest absolute Gasteiger partial charge is 0.475 e. The molecule has 1 aromatic rings. The van der Waals surface area contributed by atoms with Crippen molar-refractivity contribution in [2.45, 2.75) is 72.3 Å². The number of ether oxygens (including phenoxy) is 1. The number of carbonyl (C=O) groups excluding carboxylic acids is 2. The van der Waals surface area contributed by atoms with Crippen LogP contribution in [0.5, 0.6) is 0 Å². The number of phosphoric ester groups is 1. The van der Waals surface area contributed by atoms with E-state index in [4.69, 9.17) is 18.3 Å². The van der Waals surface area contributed by atoms with E-state index >= 15 is 4.39 Å². The van der Waals surface area contributed by atoms with Crippen LogP contribution in [0.3, 0.4) is 0 Å². The molecule has 0 saturated carbocycles. The topological polar surface area (TPSA) is 183 Å². The van der Waals surface area contributed by atoms with Crippen molar-refractivity contribution in [2.24, 2.45) is 10.8 Å². The maximum Gasteiger partial charge on any atom is 0.475 e. The average Bonchev–Trinajstić information content (AvgIpc) is 3.02. The van der Waals surface area contributed by atoms with Gasteiger partial charge in [0.25, 0.3) is 11.4 Å². The fraction of sp³-hybridized carbons (Fsp3) is 0.750. The number of H-pyrrole nitrogens is 1. The Morgan fingerprint density at radius 2 is 1.56 bits per heavy atom. The first-order valence-corrected chi connectivity index (χ1v) is 16.0. The lowest BCUT2D eigenvalue weighted by Crippen LogP contribution is -2.50. The number of hydrogen-bond donors (Lipinski definition) is 3. The van der Waals surface area contributed by atoms with Gasteiger partial charge in [0.1, 0.15) is 18.3 Å². The maximum absolute atomic E-state index is 15.9. The highest BCUT2D eigenvalue weighted by atomic mass is 32.2. The highest BCUT2D eigenvalue weighted by Crippen LogP contribution is 2.53. The Kier molecular flexibility index (Phi) is 11.8. The minimum Gasteiger partial charge on any atom is -0.384 e. The van der Waals surface area contributed by atoms with Crippen molar-refractivity contribution in [3.05, 3.63) is 33.1 Å². The molecule has 0 aliphatic carbocycles. The van der Waals surface area contributed by atoms with Gasteiger partial charge in [-0.1, -0.05) is 65.1 Å².